The van der Waals surface area contributed by atoms with Gasteiger partial charge in [0.2, 0.25) is 0 Å². The molecule has 148 valence electrons. The van der Waals surface area contributed by atoms with E-state index < -0.39 is 11.8 Å². The van der Waals surface area contributed by atoms with Crippen LogP contribution in [0.4, 0.5) is 5.69 Å². The summed E-state index contributed by atoms with van der Waals surface area (Å²) in [6.45, 7) is 2.85. The summed E-state index contributed by atoms with van der Waals surface area (Å²) < 4.78 is 0. The summed E-state index contributed by atoms with van der Waals surface area (Å²) in [6, 6.07) is 8.95. The summed E-state index contributed by atoms with van der Waals surface area (Å²) in [6.07, 6.45) is 11.2. The Morgan fingerprint density at radius 2 is 1.56 bits per heavy atom. The molecule has 0 radical (unpaired) electrons. The summed E-state index contributed by atoms with van der Waals surface area (Å²) in [7, 11) is 0. The normalized spacial score (nSPS) is 18.1. The largest absolute Gasteiger partial charge is 0.372 e. The molecular formula is C22H33N3O2. The van der Waals surface area contributed by atoms with E-state index in [2.05, 4.69) is 39.8 Å². The number of benzene rings is 1. The highest BCUT2D eigenvalue weighted by molar-refractivity contribution is 6.35. The minimum Gasteiger partial charge on any atom is -0.372 e. The van der Waals surface area contributed by atoms with Gasteiger partial charge in [0.05, 0.1) is 0 Å². The molecule has 0 atom stereocenters. The maximum absolute atomic E-state index is 11.9. The Morgan fingerprint density at radius 3 is 2.26 bits per heavy atom. The minimum atomic E-state index is -0.499. The highest BCUT2D eigenvalue weighted by Gasteiger charge is 2.19. The van der Waals surface area contributed by atoms with Gasteiger partial charge in [-0.05, 0) is 62.6 Å². The molecule has 1 saturated heterocycles. The van der Waals surface area contributed by atoms with Crippen molar-refractivity contribution >= 4 is 17.5 Å². The molecule has 5 nitrogen and oxygen atoms in total. The molecular weight excluding hydrogens is 338 g/mol. The van der Waals surface area contributed by atoms with Gasteiger partial charge in [-0.25, -0.2) is 0 Å². The number of amides is 2. The molecule has 2 amide bonds. The predicted molar refractivity (Wildman–Crippen MR) is 109 cm³/mol. The summed E-state index contributed by atoms with van der Waals surface area (Å²) in [4.78, 5) is 26.3. The van der Waals surface area contributed by atoms with Gasteiger partial charge < -0.3 is 15.5 Å². The first-order chi connectivity index (χ1) is 13.2. The molecule has 3 rings (SSSR count). The van der Waals surface area contributed by atoms with Crippen LogP contribution in [0, 0.1) is 0 Å². The summed E-state index contributed by atoms with van der Waals surface area (Å²) in [5.41, 5.74) is 2.59. The smallest absolute Gasteiger partial charge is 0.309 e. The standard InChI is InChI=1S/C22H33N3O2/c26-21(22(27)24-19-9-3-1-4-10-19)23-15-7-8-18-11-13-20(14-12-18)25-16-5-2-6-17-25/h11-14,19H,1-10,15-17H2,(H,23,26)(H,24,27). The fraction of sp³-hybridized carbons (Fsp3) is 0.636. The van der Waals surface area contributed by atoms with Gasteiger partial charge in [-0.2, -0.15) is 0 Å². The Labute approximate surface area is 162 Å². The molecule has 1 aliphatic heterocycles. The molecule has 5 heteroatoms. The fourth-order valence-electron chi connectivity index (χ4n) is 4.10. The zero-order valence-electron chi connectivity index (χ0n) is 16.3. The van der Waals surface area contributed by atoms with Gasteiger partial charge in [0.25, 0.3) is 0 Å². The van der Waals surface area contributed by atoms with Crippen molar-refractivity contribution in [1.82, 2.24) is 10.6 Å². The second-order valence-electron chi connectivity index (χ2n) is 7.88. The second-order valence-corrected chi connectivity index (χ2v) is 7.88. The molecule has 1 saturated carbocycles. The van der Waals surface area contributed by atoms with Crippen LogP contribution in [0.15, 0.2) is 24.3 Å². The number of hydrogen-bond donors (Lipinski definition) is 2. The first-order valence-corrected chi connectivity index (χ1v) is 10.6. The van der Waals surface area contributed by atoms with Gasteiger partial charge in [-0.3, -0.25) is 9.59 Å². The number of nitrogens with one attached hydrogen (secondary N) is 2. The molecule has 1 aliphatic carbocycles. The van der Waals surface area contributed by atoms with E-state index in [-0.39, 0.29) is 6.04 Å². The van der Waals surface area contributed by atoms with Crippen LogP contribution in [0.1, 0.15) is 63.4 Å². The van der Waals surface area contributed by atoms with Crippen molar-refractivity contribution < 1.29 is 9.59 Å². The average molecular weight is 372 g/mol. The molecule has 1 heterocycles. The number of hydrogen-bond acceptors (Lipinski definition) is 3. The van der Waals surface area contributed by atoms with Crippen LogP contribution in [0.2, 0.25) is 0 Å². The lowest BCUT2D eigenvalue weighted by Gasteiger charge is -2.28. The number of nitrogens with zero attached hydrogens (tertiary/aromatic N) is 1. The zero-order chi connectivity index (χ0) is 18.9. The second kappa shape index (κ2) is 10.3. The Morgan fingerprint density at radius 1 is 0.889 bits per heavy atom. The first-order valence-electron chi connectivity index (χ1n) is 10.6. The van der Waals surface area contributed by atoms with Crippen LogP contribution in [0.5, 0.6) is 0 Å². The molecule has 0 spiro atoms. The monoisotopic (exact) mass is 371 g/mol. The number of carbonyl (C=O) groups excluding carboxylic acids is 2. The number of anilines is 1. The number of carbonyl (C=O) groups is 2. The third-order valence-electron chi connectivity index (χ3n) is 5.73. The van der Waals surface area contributed by atoms with Crippen molar-refractivity contribution in [2.75, 3.05) is 24.5 Å². The molecule has 0 unspecified atom stereocenters. The summed E-state index contributed by atoms with van der Waals surface area (Å²) in [5.74, 6) is -0.978. The Bertz CT molecular complexity index is 602. The average Bonchev–Trinajstić information content (AvgIpc) is 2.73. The highest BCUT2D eigenvalue weighted by Crippen LogP contribution is 2.20. The molecule has 1 aromatic rings. The molecule has 0 aromatic heterocycles. The number of piperidine rings is 1. The Hall–Kier alpha value is -2.04. The van der Waals surface area contributed by atoms with Gasteiger partial charge in [0.1, 0.15) is 0 Å². The van der Waals surface area contributed by atoms with E-state index in [0.717, 1.165) is 51.6 Å². The summed E-state index contributed by atoms with van der Waals surface area (Å²) in [5, 5.41) is 5.61. The van der Waals surface area contributed by atoms with E-state index in [1.807, 2.05) is 0 Å². The fourth-order valence-corrected chi connectivity index (χ4v) is 4.10. The van der Waals surface area contributed by atoms with Crippen molar-refractivity contribution in [3.8, 4) is 0 Å². The van der Waals surface area contributed by atoms with Gasteiger partial charge in [-0.15, -0.1) is 0 Å². The third-order valence-corrected chi connectivity index (χ3v) is 5.73. The Balaban J connectivity index is 1.33. The van der Waals surface area contributed by atoms with E-state index >= 15 is 0 Å². The van der Waals surface area contributed by atoms with Crippen molar-refractivity contribution in [2.45, 2.75) is 70.3 Å². The van der Waals surface area contributed by atoms with Gasteiger partial charge >= 0.3 is 11.8 Å². The quantitative estimate of drug-likeness (QED) is 0.596. The lowest BCUT2D eigenvalue weighted by atomic mass is 9.95. The van der Waals surface area contributed by atoms with Crippen LogP contribution < -0.4 is 15.5 Å². The van der Waals surface area contributed by atoms with Gasteiger partial charge in [0, 0.05) is 31.4 Å². The van der Waals surface area contributed by atoms with E-state index in [0.29, 0.717) is 6.54 Å². The van der Waals surface area contributed by atoms with E-state index in [1.165, 1.54) is 36.9 Å². The Kier molecular flexibility index (Phi) is 7.55. The van der Waals surface area contributed by atoms with E-state index in [1.54, 1.807) is 0 Å². The van der Waals surface area contributed by atoms with Crippen LogP contribution in [0.25, 0.3) is 0 Å². The maximum atomic E-state index is 11.9. The van der Waals surface area contributed by atoms with Crippen molar-refractivity contribution in [3.05, 3.63) is 29.8 Å². The van der Waals surface area contributed by atoms with Crippen molar-refractivity contribution in [2.24, 2.45) is 0 Å². The van der Waals surface area contributed by atoms with Crippen molar-refractivity contribution in [1.29, 1.82) is 0 Å². The van der Waals surface area contributed by atoms with E-state index in [9.17, 15) is 9.59 Å². The van der Waals surface area contributed by atoms with Crippen LogP contribution in [0.3, 0.4) is 0 Å². The van der Waals surface area contributed by atoms with Crippen LogP contribution in [-0.2, 0) is 16.0 Å². The molecule has 0 bridgehead atoms. The maximum Gasteiger partial charge on any atom is 0.309 e. The van der Waals surface area contributed by atoms with Crippen LogP contribution in [-0.4, -0.2) is 37.5 Å². The highest BCUT2D eigenvalue weighted by atomic mass is 16.2. The molecule has 27 heavy (non-hydrogen) atoms. The van der Waals surface area contributed by atoms with Crippen LogP contribution >= 0.6 is 0 Å². The summed E-state index contributed by atoms with van der Waals surface area (Å²) >= 11 is 0. The molecule has 2 N–H and O–H groups in total. The van der Waals surface area contributed by atoms with E-state index in [4.69, 9.17) is 0 Å². The SMILES string of the molecule is O=C(NCCCc1ccc(N2CCCCC2)cc1)C(=O)NC1CCCCC1. The predicted octanol–water partition coefficient (Wildman–Crippen LogP) is 3.17. The van der Waals surface area contributed by atoms with Gasteiger partial charge in [-0.1, -0.05) is 31.4 Å². The lowest BCUT2D eigenvalue weighted by Crippen LogP contribution is -2.45. The number of aryl methyl sites for hydroxylation is 1. The minimum absolute atomic E-state index is 0.176. The van der Waals surface area contributed by atoms with Crippen molar-refractivity contribution in [3.63, 3.8) is 0 Å². The number of rotatable bonds is 6. The molecule has 1 aromatic carbocycles. The third kappa shape index (κ3) is 6.26. The zero-order valence-corrected chi connectivity index (χ0v) is 16.3. The molecule has 2 aliphatic rings. The topological polar surface area (TPSA) is 61.4 Å². The first kappa shape index (κ1) is 19.7. The van der Waals surface area contributed by atoms with Gasteiger partial charge in [0.15, 0.2) is 0 Å². The molecule has 2 fully saturated rings. The lowest BCUT2D eigenvalue weighted by molar-refractivity contribution is -0.139.